The minimum absolute atomic E-state index is 0.0818. The molecular weight excluding hydrogens is 805 g/mol. The van der Waals surface area contributed by atoms with Crippen molar-refractivity contribution in [2.24, 2.45) is 30.7 Å². The molecule has 0 unspecified atom stereocenters. The Morgan fingerprint density at radius 1 is 0.508 bits per heavy atom. The summed E-state index contributed by atoms with van der Waals surface area (Å²) in [6.45, 7) is 3.51. The number of hydrogen-bond acceptors (Lipinski definition) is 17. The standard InChI is InChI=1S/C38H36N10O9S2/c1-18-9-30(26(41)16-24(18)39)45-43-28-7-5-20(11-33(28)56-3)21-6-8-29(34(12-21)57-4)44-48-37-36(59(53,54)55)14-22-13-35(58(50,51)52)32(15-23(22)38(37)49)47-46-31-10-19(2)25(40)17-27(31)42/h5-17,49H,39-42H2,1-4H3,(H,50,51,52)(H,53,54,55). The highest BCUT2D eigenvalue weighted by atomic mass is 32.2. The molecule has 0 fully saturated rings. The lowest BCUT2D eigenvalue weighted by Crippen LogP contribution is -2.01. The van der Waals surface area contributed by atoms with Gasteiger partial charge in [0.15, 0.2) is 5.75 Å². The largest absolute Gasteiger partial charge is 0.505 e. The Kier molecular flexibility index (Phi) is 11.2. The fourth-order valence-corrected chi connectivity index (χ4v) is 7.06. The normalized spacial score (nSPS) is 12.3. The molecule has 21 heteroatoms. The number of methoxy groups -OCH3 is 2. The number of azo groups is 3. The number of hydrogen-bond donors (Lipinski definition) is 7. The van der Waals surface area contributed by atoms with Crippen LogP contribution in [0, 0.1) is 13.8 Å². The van der Waals surface area contributed by atoms with E-state index >= 15 is 0 Å². The van der Waals surface area contributed by atoms with Crippen LogP contribution in [0.15, 0.2) is 119 Å². The molecular formula is C38H36N10O9S2. The Hall–Kier alpha value is -7.20. The van der Waals surface area contributed by atoms with Crippen molar-refractivity contribution in [3.8, 4) is 28.4 Å². The Morgan fingerprint density at radius 3 is 1.39 bits per heavy atom. The number of nitrogens with two attached hydrogens (primary N) is 4. The van der Waals surface area contributed by atoms with E-state index in [1.807, 2.05) is 6.92 Å². The summed E-state index contributed by atoms with van der Waals surface area (Å²) >= 11 is 0. The second-order valence-corrected chi connectivity index (χ2v) is 15.8. The van der Waals surface area contributed by atoms with Gasteiger partial charge in [0, 0.05) is 16.8 Å². The first-order valence-corrected chi connectivity index (χ1v) is 19.9. The number of phenols is 1. The van der Waals surface area contributed by atoms with E-state index in [0.717, 1.165) is 23.8 Å². The highest BCUT2D eigenvalue weighted by Gasteiger charge is 2.26. The lowest BCUT2D eigenvalue weighted by molar-refractivity contribution is 0.415. The van der Waals surface area contributed by atoms with Gasteiger partial charge >= 0.3 is 0 Å². The number of anilines is 4. The molecule has 0 saturated carbocycles. The molecule has 0 atom stereocenters. The second-order valence-electron chi connectivity index (χ2n) is 13.0. The van der Waals surface area contributed by atoms with Crippen molar-refractivity contribution in [1.82, 2.24) is 0 Å². The van der Waals surface area contributed by atoms with Gasteiger partial charge in [-0.2, -0.15) is 16.8 Å². The summed E-state index contributed by atoms with van der Waals surface area (Å²) in [4.78, 5) is -1.73. The fraction of sp³-hybridized carbons (Fsp3) is 0.105. The Morgan fingerprint density at radius 2 is 0.932 bits per heavy atom. The Bertz CT molecular complexity index is 3010. The first kappa shape index (κ1) is 41.4. The summed E-state index contributed by atoms with van der Waals surface area (Å²) in [7, 11) is -7.29. The van der Waals surface area contributed by atoms with E-state index in [4.69, 9.17) is 32.4 Å². The smallest absolute Gasteiger partial charge is 0.296 e. The number of nitrogen functional groups attached to an aromatic ring is 4. The van der Waals surface area contributed by atoms with Crippen LogP contribution in [0.25, 0.3) is 21.9 Å². The van der Waals surface area contributed by atoms with Crippen molar-refractivity contribution in [2.45, 2.75) is 23.6 Å². The van der Waals surface area contributed by atoms with Crippen LogP contribution < -0.4 is 32.4 Å². The van der Waals surface area contributed by atoms with E-state index in [1.165, 1.54) is 32.4 Å². The van der Waals surface area contributed by atoms with Gasteiger partial charge in [-0.1, -0.05) is 12.1 Å². The van der Waals surface area contributed by atoms with Gasteiger partial charge in [-0.15, -0.1) is 30.7 Å². The van der Waals surface area contributed by atoms with Crippen LogP contribution in [0.5, 0.6) is 17.2 Å². The summed E-state index contributed by atoms with van der Waals surface area (Å²) in [5, 5.41) is 35.6. The minimum Gasteiger partial charge on any atom is -0.505 e. The summed E-state index contributed by atoms with van der Waals surface area (Å²) in [6, 6.07) is 18.9. The van der Waals surface area contributed by atoms with Crippen molar-refractivity contribution in [1.29, 1.82) is 0 Å². The lowest BCUT2D eigenvalue weighted by atomic mass is 10.0. The van der Waals surface area contributed by atoms with Gasteiger partial charge in [-0.3, -0.25) is 9.11 Å². The summed E-state index contributed by atoms with van der Waals surface area (Å²) in [5.74, 6) is -0.272. The molecule has 0 amide bonds. The molecule has 0 radical (unpaired) electrons. The van der Waals surface area contributed by atoms with Crippen molar-refractivity contribution in [3.63, 3.8) is 0 Å². The first-order valence-electron chi connectivity index (χ1n) is 17.0. The fourth-order valence-electron chi connectivity index (χ4n) is 5.77. The van der Waals surface area contributed by atoms with Crippen molar-refractivity contribution < 1.29 is 40.5 Å². The number of benzene rings is 6. The van der Waals surface area contributed by atoms with Crippen LogP contribution >= 0.6 is 0 Å². The third kappa shape index (κ3) is 8.72. The molecule has 6 aromatic rings. The van der Waals surface area contributed by atoms with Crippen LogP contribution in [0.2, 0.25) is 0 Å². The summed E-state index contributed by atoms with van der Waals surface area (Å²) in [5.41, 5.74) is 27.8. The molecule has 0 aliphatic rings. The zero-order valence-corrected chi connectivity index (χ0v) is 33.2. The van der Waals surface area contributed by atoms with Crippen molar-refractivity contribution in [3.05, 3.63) is 90.0 Å². The van der Waals surface area contributed by atoms with Crippen LogP contribution in [0.4, 0.5) is 56.9 Å². The van der Waals surface area contributed by atoms with Gasteiger partial charge in [0.1, 0.15) is 55.4 Å². The van der Waals surface area contributed by atoms with Crippen molar-refractivity contribution >= 4 is 87.9 Å². The third-order valence-corrected chi connectivity index (χ3v) is 10.7. The summed E-state index contributed by atoms with van der Waals surface area (Å²) in [6.07, 6.45) is 0. The Labute approximate surface area is 337 Å². The molecule has 0 aliphatic carbocycles. The third-order valence-electron chi connectivity index (χ3n) is 9.00. The number of aryl methyl sites for hydroxylation is 2. The van der Waals surface area contributed by atoms with Crippen LogP contribution in [0.1, 0.15) is 11.1 Å². The van der Waals surface area contributed by atoms with Crippen LogP contribution in [-0.2, 0) is 20.2 Å². The number of fused-ring (bicyclic) bond motifs is 1. The summed E-state index contributed by atoms with van der Waals surface area (Å²) < 4.78 is 81.2. The second kappa shape index (κ2) is 16.0. The molecule has 6 rings (SSSR count). The first-order chi connectivity index (χ1) is 27.8. The number of rotatable bonds is 11. The highest BCUT2D eigenvalue weighted by molar-refractivity contribution is 7.86. The van der Waals surface area contributed by atoms with E-state index in [9.17, 15) is 31.0 Å². The monoisotopic (exact) mass is 840 g/mol. The van der Waals surface area contributed by atoms with Gasteiger partial charge in [0.05, 0.1) is 25.6 Å². The quantitative estimate of drug-likeness (QED) is 0.0364. The predicted octanol–water partition coefficient (Wildman–Crippen LogP) is 8.91. The highest BCUT2D eigenvalue weighted by Crippen LogP contribution is 2.46. The average molecular weight is 841 g/mol. The van der Waals surface area contributed by atoms with Gasteiger partial charge in [-0.25, -0.2) is 0 Å². The zero-order chi connectivity index (χ0) is 43.0. The van der Waals surface area contributed by atoms with Gasteiger partial charge in [0.25, 0.3) is 20.2 Å². The number of nitrogens with zero attached hydrogens (tertiary/aromatic N) is 6. The zero-order valence-electron chi connectivity index (χ0n) is 31.6. The van der Waals surface area contributed by atoms with Crippen molar-refractivity contribution in [2.75, 3.05) is 37.2 Å². The van der Waals surface area contributed by atoms with Gasteiger partial charge in [0.2, 0.25) is 0 Å². The molecule has 0 aliphatic heterocycles. The molecule has 6 aromatic carbocycles. The Balaban J connectivity index is 1.39. The van der Waals surface area contributed by atoms with E-state index in [0.29, 0.717) is 50.9 Å². The van der Waals surface area contributed by atoms with Crippen LogP contribution in [-0.4, -0.2) is 45.3 Å². The van der Waals surface area contributed by atoms with Gasteiger partial charge in [-0.05, 0) is 108 Å². The lowest BCUT2D eigenvalue weighted by Gasteiger charge is -2.12. The van der Waals surface area contributed by atoms with Crippen LogP contribution in [0.3, 0.4) is 0 Å². The molecule has 0 aromatic heterocycles. The number of aromatic hydroxyl groups is 1. The SMILES string of the molecule is COc1cc(-c2ccc(N=Nc3c(S(=O)(=O)O)cc4cc(S(=O)(=O)O)c(N=Nc5cc(C)c(N)cc5N)cc4c3O)c(OC)c2)ccc1N=Nc1cc(C)c(N)cc1N. The maximum Gasteiger partial charge on any atom is 0.296 e. The molecule has 0 spiro atoms. The predicted molar refractivity (Wildman–Crippen MR) is 223 cm³/mol. The maximum atomic E-state index is 12.6. The minimum atomic E-state index is -5.12. The van der Waals surface area contributed by atoms with E-state index in [-0.39, 0.29) is 33.6 Å². The van der Waals surface area contributed by atoms with E-state index < -0.39 is 47.2 Å². The molecule has 0 bridgehead atoms. The maximum absolute atomic E-state index is 12.6. The average Bonchev–Trinajstić information content (AvgIpc) is 3.18. The van der Waals surface area contributed by atoms with E-state index in [2.05, 4.69) is 30.7 Å². The molecule has 59 heavy (non-hydrogen) atoms. The molecule has 11 N–H and O–H groups in total. The molecule has 0 saturated heterocycles. The molecule has 304 valence electrons. The topological polar surface area (TPSA) is 326 Å². The van der Waals surface area contributed by atoms with E-state index in [1.54, 1.807) is 49.4 Å². The number of phenolic OH excluding ortho intramolecular Hbond substituents is 1. The van der Waals surface area contributed by atoms with Gasteiger partial charge < -0.3 is 37.5 Å². The number of ether oxygens (including phenoxy) is 2. The molecule has 0 heterocycles. The molecule has 19 nitrogen and oxygen atoms in total.